The molecule has 9 nitrogen and oxygen atoms in total. The smallest absolute Gasteiger partial charge is 0.410 e. The van der Waals surface area contributed by atoms with Crippen LogP contribution in [0.1, 0.15) is 45.1 Å². The third-order valence-corrected chi connectivity index (χ3v) is 5.82. The molecular formula is C22H27F2N5O4Pd. The molecule has 2 aromatic rings. The summed E-state index contributed by atoms with van der Waals surface area (Å²) in [6.07, 6.45) is -0.505. The molecule has 1 atom stereocenters. The zero-order valence-corrected chi connectivity index (χ0v) is 20.9. The van der Waals surface area contributed by atoms with Gasteiger partial charge in [-0.2, -0.15) is 5.10 Å². The monoisotopic (exact) mass is 569 g/mol. The molecule has 4 amide bonds. The van der Waals surface area contributed by atoms with Crippen molar-refractivity contribution in [2.75, 3.05) is 24.5 Å². The summed E-state index contributed by atoms with van der Waals surface area (Å²) in [4.78, 5) is 38.4. The molecule has 2 aliphatic rings. The fourth-order valence-electron chi connectivity index (χ4n) is 4.27. The summed E-state index contributed by atoms with van der Waals surface area (Å²) in [6.45, 7) is 4.71. The van der Waals surface area contributed by atoms with Crippen molar-refractivity contribution in [2.24, 2.45) is 7.05 Å². The maximum absolute atomic E-state index is 15.1. The number of fused-ring (bicyclic) bond motifs is 1. The molecule has 0 bridgehead atoms. The fourth-order valence-corrected chi connectivity index (χ4v) is 4.27. The number of aromatic nitrogens is 2. The van der Waals surface area contributed by atoms with Crippen molar-refractivity contribution in [3.8, 4) is 0 Å². The molecule has 2 fully saturated rings. The Bertz CT molecular complexity index is 1130. The van der Waals surface area contributed by atoms with Crippen molar-refractivity contribution in [1.82, 2.24) is 20.0 Å². The van der Waals surface area contributed by atoms with Crippen molar-refractivity contribution in [3.05, 3.63) is 23.8 Å². The molecular weight excluding hydrogens is 543 g/mol. The molecule has 0 radical (unpaired) electrons. The minimum Gasteiger partial charge on any atom is -0.444 e. The maximum atomic E-state index is 15.1. The minimum absolute atomic E-state index is 0. The molecule has 1 unspecified atom stereocenters. The van der Waals surface area contributed by atoms with Crippen molar-refractivity contribution in [3.63, 3.8) is 0 Å². The molecule has 2 aliphatic heterocycles. The Hall–Kier alpha value is -2.58. The van der Waals surface area contributed by atoms with Gasteiger partial charge in [0.05, 0.1) is 18.0 Å². The van der Waals surface area contributed by atoms with Crippen LogP contribution in [0.15, 0.2) is 18.2 Å². The van der Waals surface area contributed by atoms with E-state index in [1.165, 1.54) is 9.58 Å². The molecule has 34 heavy (non-hydrogen) atoms. The van der Waals surface area contributed by atoms with Crippen molar-refractivity contribution in [2.45, 2.75) is 51.1 Å². The van der Waals surface area contributed by atoms with Crippen molar-refractivity contribution >= 4 is 34.8 Å². The molecule has 1 N–H and O–H groups in total. The van der Waals surface area contributed by atoms with Crippen LogP contribution in [0.2, 0.25) is 0 Å². The number of nitrogens with zero attached hydrogens (tertiary/aromatic N) is 4. The number of imide groups is 1. The summed E-state index contributed by atoms with van der Waals surface area (Å²) in [5.41, 5.74) is 0.270. The Morgan fingerprint density at radius 3 is 2.56 bits per heavy atom. The summed E-state index contributed by atoms with van der Waals surface area (Å²) < 4.78 is 37.0. The van der Waals surface area contributed by atoms with Gasteiger partial charge in [-0.05, 0) is 44.9 Å². The normalized spacial score (nSPS) is 20.7. The van der Waals surface area contributed by atoms with Crippen LogP contribution in [0, 0.1) is 0 Å². The Balaban J connectivity index is 0.00000324. The van der Waals surface area contributed by atoms with E-state index in [-0.39, 0.29) is 52.3 Å². The number of anilines is 1. The largest absolute Gasteiger partial charge is 0.444 e. The van der Waals surface area contributed by atoms with Gasteiger partial charge >= 0.3 is 12.1 Å². The molecule has 0 saturated carbocycles. The van der Waals surface area contributed by atoms with E-state index in [0.29, 0.717) is 22.3 Å². The number of urea groups is 1. The molecule has 1 aromatic heterocycles. The van der Waals surface area contributed by atoms with Crippen LogP contribution in [0.3, 0.4) is 0 Å². The van der Waals surface area contributed by atoms with Crippen LogP contribution in [0.25, 0.3) is 10.9 Å². The zero-order chi connectivity index (χ0) is 24.1. The van der Waals surface area contributed by atoms with Gasteiger partial charge in [-0.1, -0.05) is 6.07 Å². The van der Waals surface area contributed by atoms with Crippen LogP contribution in [0.4, 0.5) is 24.2 Å². The van der Waals surface area contributed by atoms with Gasteiger partial charge in [-0.3, -0.25) is 19.7 Å². The van der Waals surface area contributed by atoms with Crippen LogP contribution in [0.5, 0.6) is 0 Å². The van der Waals surface area contributed by atoms with E-state index in [4.69, 9.17) is 4.74 Å². The second kappa shape index (κ2) is 9.23. The topological polar surface area (TPSA) is 96.8 Å². The number of aryl methyl sites for hydroxylation is 1. The van der Waals surface area contributed by atoms with E-state index >= 15 is 8.78 Å². The molecule has 4 rings (SSSR count). The number of alkyl halides is 2. The number of halogens is 2. The van der Waals surface area contributed by atoms with Gasteiger partial charge in [0.25, 0.3) is 5.92 Å². The van der Waals surface area contributed by atoms with E-state index in [1.807, 2.05) is 0 Å². The third kappa shape index (κ3) is 5.08. The van der Waals surface area contributed by atoms with Gasteiger partial charge in [-0.15, -0.1) is 0 Å². The Morgan fingerprint density at radius 1 is 1.24 bits per heavy atom. The van der Waals surface area contributed by atoms with E-state index in [2.05, 4.69) is 10.4 Å². The van der Waals surface area contributed by atoms with Crippen LogP contribution >= 0.6 is 0 Å². The average Bonchev–Trinajstić information content (AvgIpc) is 3.01. The standard InChI is InChI=1S/C22H27F2N5O4.Pd/c1-21(2,3)33-20(32)28-9-7-15(22(23,24)12-28)13-5-6-14-16(11-13)27(4)26-18(14)29-10-8-17(30)25-19(29)31;/h5-6,11,15H,7-10,12H2,1-4H3,(H,25,30,31);. The summed E-state index contributed by atoms with van der Waals surface area (Å²) in [7, 11) is 1.67. The first kappa shape index (κ1) is 26.0. The number of piperidine rings is 1. The second-order valence-electron chi connectivity index (χ2n) is 9.48. The Labute approximate surface area is 209 Å². The van der Waals surface area contributed by atoms with E-state index in [0.717, 1.165) is 4.90 Å². The van der Waals surface area contributed by atoms with Gasteiger partial charge in [0.15, 0.2) is 5.82 Å². The number of likely N-dealkylation sites (tertiary alicyclic amines) is 1. The van der Waals surface area contributed by atoms with E-state index in [9.17, 15) is 14.4 Å². The number of hydrogen-bond donors (Lipinski definition) is 1. The van der Waals surface area contributed by atoms with Crippen LogP contribution in [-0.4, -0.2) is 63.9 Å². The first-order valence-electron chi connectivity index (χ1n) is 10.8. The first-order valence-corrected chi connectivity index (χ1v) is 10.8. The number of rotatable bonds is 2. The zero-order valence-electron chi connectivity index (χ0n) is 19.3. The van der Waals surface area contributed by atoms with Crippen LogP contribution < -0.4 is 10.2 Å². The SMILES string of the molecule is Cn1nc(N2CCC(=O)NC2=O)c2ccc(C3CCN(C(=O)OC(C)(C)C)CC3(F)F)cc21.[Pd]. The van der Waals surface area contributed by atoms with Gasteiger partial charge in [-0.25, -0.2) is 18.4 Å². The molecule has 1 aromatic carbocycles. The molecule has 12 heteroatoms. The van der Waals surface area contributed by atoms with Crippen molar-refractivity contribution in [1.29, 1.82) is 0 Å². The Morgan fingerprint density at radius 2 is 1.94 bits per heavy atom. The molecule has 0 spiro atoms. The molecule has 0 aliphatic carbocycles. The minimum atomic E-state index is -3.14. The third-order valence-electron chi connectivity index (χ3n) is 5.82. The second-order valence-corrected chi connectivity index (χ2v) is 9.48. The quantitative estimate of drug-likeness (QED) is 0.560. The predicted octanol–water partition coefficient (Wildman–Crippen LogP) is 3.38. The van der Waals surface area contributed by atoms with Gasteiger partial charge in [0.2, 0.25) is 5.91 Å². The average molecular weight is 570 g/mol. The number of hydrogen-bond acceptors (Lipinski definition) is 5. The van der Waals surface area contributed by atoms with Gasteiger partial charge in [0, 0.05) is 52.4 Å². The number of ether oxygens (including phenoxy) is 1. The number of carbonyl (C=O) groups excluding carboxylic acids is 3. The maximum Gasteiger partial charge on any atom is 0.410 e. The number of carbonyl (C=O) groups is 3. The number of amides is 4. The fraction of sp³-hybridized carbons (Fsp3) is 0.545. The summed E-state index contributed by atoms with van der Waals surface area (Å²) in [5, 5.41) is 7.28. The van der Waals surface area contributed by atoms with Crippen molar-refractivity contribution < 1.29 is 48.3 Å². The summed E-state index contributed by atoms with van der Waals surface area (Å²) in [5.74, 6) is -4.19. The van der Waals surface area contributed by atoms with Gasteiger partial charge in [0.1, 0.15) is 5.60 Å². The Kier molecular flexibility index (Phi) is 7.07. The first-order chi connectivity index (χ1) is 15.4. The predicted molar refractivity (Wildman–Crippen MR) is 116 cm³/mol. The van der Waals surface area contributed by atoms with Gasteiger partial charge < -0.3 is 9.64 Å². The molecule has 188 valence electrons. The number of nitrogens with one attached hydrogen (secondary N) is 1. The van der Waals surface area contributed by atoms with E-state index in [1.54, 1.807) is 46.0 Å². The van der Waals surface area contributed by atoms with Crippen LogP contribution in [-0.2, 0) is 37.0 Å². The summed E-state index contributed by atoms with van der Waals surface area (Å²) >= 11 is 0. The molecule has 3 heterocycles. The molecule has 2 saturated heterocycles. The number of benzene rings is 1. The summed E-state index contributed by atoms with van der Waals surface area (Å²) in [6, 6.07) is 4.38. The van der Waals surface area contributed by atoms with E-state index < -0.39 is 36.1 Å².